The van der Waals surface area contributed by atoms with Crippen molar-refractivity contribution in [1.29, 1.82) is 5.26 Å². The van der Waals surface area contributed by atoms with E-state index in [1.165, 1.54) is 23.6 Å². The van der Waals surface area contributed by atoms with E-state index >= 15 is 0 Å². The summed E-state index contributed by atoms with van der Waals surface area (Å²) in [5, 5.41) is 13.3. The van der Waals surface area contributed by atoms with E-state index < -0.39 is 23.8 Å². The maximum absolute atomic E-state index is 12.6. The Balaban J connectivity index is 1.97. The van der Waals surface area contributed by atoms with Gasteiger partial charge in [-0.25, -0.2) is 4.98 Å². The van der Waals surface area contributed by atoms with Crippen LogP contribution in [0.1, 0.15) is 37.9 Å². The molecule has 3 rings (SSSR count). The first kappa shape index (κ1) is 27.2. The molecule has 3 heterocycles. The summed E-state index contributed by atoms with van der Waals surface area (Å²) in [7, 11) is 0. The number of piperidine rings is 1. The number of hydrazone groups is 1. The van der Waals surface area contributed by atoms with Gasteiger partial charge in [0.2, 0.25) is 12.3 Å². The number of ketones is 1. The number of nitrogens with zero attached hydrogens (tertiary/aromatic N) is 6. The minimum absolute atomic E-state index is 0.0121. The topological polar surface area (TPSA) is 164 Å². The predicted octanol–water partition coefficient (Wildman–Crippen LogP) is 1.69. The molecule has 1 aliphatic rings. The molecule has 1 atom stereocenters. The van der Waals surface area contributed by atoms with Crippen LogP contribution in [0.25, 0.3) is 5.65 Å². The molecule has 1 unspecified atom stereocenters. The number of hydrogen-bond donors (Lipinski definition) is 2. The van der Waals surface area contributed by atoms with Crippen LogP contribution in [0.15, 0.2) is 40.2 Å². The van der Waals surface area contributed by atoms with E-state index in [0.717, 1.165) is 6.41 Å². The van der Waals surface area contributed by atoms with Crippen molar-refractivity contribution in [3.05, 3.63) is 41.4 Å². The van der Waals surface area contributed by atoms with Crippen LogP contribution in [-0.4, -0.2) is 69.3 Å². The summed E-state index contributed by atoms with van der Waals surface area (Å²) in [5.74, 6) is 3.57. The summed E-state index contributed by atoms with van der Waals surface area (Å²) in [6, 6.07) is 4.99. The summed E-state index contributed by atoms with van der Waals surface area (Å²) in [5.41, 5.74) is 6.83. The summed E-state index contributed by atoms with van der Waals surface area (Å²) in [6.45, 7) is 4.24. The van der Waals surface area contributed by atoms with Gasteiger partial charge in [-0.2, -0.15) is 23.5 Å². The molecule has 0 aliphatic carbocycles. The van der Waals surface area contributed by atoms with E-state index in [1.54, 1.807) is 17.9 Å². The molecule has 14 heteroatoms. The lowest BCUT2D eigenvalue weighted by Gasteiger charge is -2.27. The van der Waals surface area contributed by atoms with Crippen molar-refractivity contribution in [2.45, 2.75) is 45.0 Å². The number of imidazole rings is 1. The monoisotopic (exact) mass is 518 g/mol. The third-order valence-electron chi connectivity index (χ3n) is 5.80. The zero-order valence-electron chi connectivity index (χ0n) is 20.1. The molecule has 11 nitrogen and oxygen atoms in total. The van der Waals surface area contributed by atoms with Gasteiger partial charge >= 0.3 is 6.18 Å². The fourth-order valence-electron chi connectivity index (χ4n) is 3.81. The molecule has 0 bridgehead atoms. The molecular weight excluding hydrogens is 493 g/mol. The molecule has 2 aromatic heterocycles. The first-order valence-electron chi connectivity index (χ1n) is 11.2. The normalized spacial score (nSPS) is 17.0. The number of nitrogens with two attached hydrogens (primary N) is 2. The molecule has 0 spiro atoms. The molecule has 1 saturated heterocycles. The number of halogens is 3. The predicted molar refractivity (Wildman–Crippen MR) is 128 cm³/mol. The van der Waals surface area contributed by atoms with Crippen molar-refractivity contribution in [1.82, 2.24) is 14.3 Å². The van der Waals surface area contributed by atoms with Crippen molar-refractivity contribution >= 4 is 29.3 Å². The van der Waals surface area contributed by atoms with E-state index in [2.05, 4.69) is 10.1 Å². The molecule has 1 fully saturated rings. The Morgan fingerprint density at radius 2 is 2.03 bits per heavy atom. The number of aliphatic imine (C=N–C) groups is 1. The fourth-order valence-corrected chi connectivity index (χ4v) is 3.81. The number of amides is 1. The van der Waals surface area contributed by atoms with Gasteiger partial charge in [-0.05, 0) is 32.8 Å². The number of fused-ring (bicyclic) bond motifs is 1. The zero-order chi connectivity index (χ0) is 27.3. The van der Waals surface area contributed by atoms with Crippen LogP contribution in [-0.2, 0) is 9.59 Å². The lowest BCUT2D eigenvalue weighted by molar-refractivity contribution is -0.165. The summed E-state index contributed by atoms with van der Waals surface area (Å²) in [6.07, 6.45) is -2.55. The van der Waals surface area contributed by atoms with Crippen LogP contribution >= 0.6 is 0 Å². The number of carbonyl (C=O) groups is 2. The number of hydrogen-bond acceptors (Lipinski definition) is 9. The fraction of sp³-hybridized carbons (Fsp3) is 0.391. The number of likely N-dealkylation sites (tertiary alicyclic amines) is 1. The number of alkyl halides is 3. The minimum Gasteiger partial charge on any atom is -0.469 e. The number of ether oxygens (including phenoxy) is 1. The molecule has 2 aromatic rings. The molecule has 196 valence electrons. The highest BCUT2D eigenvalue weighted by molar-refractivity contribution is 6.47. The summed E-state index contributed by atoms with van der Waals surface area (Å²) in [4.78, 5) is 32.8. The Kier molecular flexibility index (Phi) is 8.16. The van der Waals surface area contributed by atoms with E-state index in [-0.39, 0.29) is 29.3 Å². The standard InChI is InChI=1S/C23H25F3N8O3/c1-13(31-16-3-5-33(12-35)6-4-16)22(32-29)15-7-20-30-11-17(10-27)34(20)21(8-15)37-14(2)18(28)9-19(36)23(24,25)26/h7-9,11-12,14,16H,3-6,28-29H2,1-2H3/b18-9-,31-13?,32-22+. The lowest BCUT2D eigenvalue weighted by atomic mass is 10.0. The van der Waals surface area contributed by atoms with Crippen LogP contribution < -0.4 is 16.3 Å². The van der Waals surface area contributed by atoms with Gasteiger partial charge < -0.3 is 21.2 Å². The Labute approximate surface area is 209 Å². The molecule has 1 aliphatic heterocycles. The van der Waals surface area contributed by atoms with Gasteiger partial charge in [-0.1, -0.05) is 0 Å². The Morgan fingerprint density at radius 3 is 2.59 bits per heavy atom. The van der Waals surface area contributed by atoms with E-state index in [9.17, 15) is 28.0 Å². The third kappa shape index (κ3) is 6.24. The van der Waals surface area contributed by atoms with Crippen LogP contribution in [0.4, 0.5) is 13.2 Å². The average molecular weight is 519 g/mol. The molecule has 1 amide bonds. The number of aromatic nitrogens is 2. The number of allylic oxidation sites excluding steroid dienone is 1. The maximum Gasteiger partial charge on any atom is 0.454 e. The highest BCUT2D eigenvalue weighted by Crippen LogP contribution is 2.24. The van der Waals surface area contributed by atoms with E-state index in [0.29, 0.717) is 42.9 Å². The molecule has 4 N–H and O–H groups in total. The van der Waals surface area contributed by atoms with Gasteiger partial charge in [0.25, 0.3) is 5.78 Å². The van der Waals surface area contributed by atoms with Gasteiger partial charge in [-0.15, -0.1) is 0 Å². The second-order valence-electron chi connectivity index (χ2n) is 8.36. The van der Waals surface area contributed by atoms with Crippen LogP contribution in [0, 0.1) is 11.3 Å². The maximum atomic E-state index is 12.6. The minimum atomic E-state index is -5.08. The molecule has 0 radical (unpaired) electrons. The number of rotatable bonds is 8. The largest absolute Gasteiger partial charge is 0.469 e. The summed E-state index contributed by atoms with van der Waals surface area (Å²) >= 11 is 0. The number of pyridine rings is 1. The van der Waals surface area contributed by atoms with Crippen LogP contribution in [0.3, 0.4) is 0 Å². The SMILES string of the molecule is CC(=NC1CCN(C=O)CC1)/C(=N\N)c1cc(OC(C)/C(N)=C/C(=O)C(F)(F)F)n2c(C#N)cnc2c1. The summed E-state index contributed by atoms with van der Waals surface area (Å²) < 4.78 is 45.0. The second kappa shape index (κ2) is 11.1. The van der Waals surface area contributed by atoms with Crippen molar-refractivity contribution in [3.63, 3.8) is 0 Å². The zero-order valence-corrected chi connectivity index (χ0v) is 20.1. The van der Waals surface area contributed by atoms with Crippen molar-refractivity contribution < 1.29 is 27.5 Å². The molecule has 37 heavy (non-hydrogen) atoms. The van der Waals surface area contributed by atoms with Gasteiger partial charge in [-0.3, -0.25) is 19.0 Å². The van der Waals surface area contributed by atoms with Gasteiger partial charge in [0.1, 0.15) is 29.2 Å². The van der Waals surface area contributed by atoms with Gasteiger partial charge in [0.05, 0.1) is 23.6 Å². The lowest BCUT2D eigenvalue weighted by Crippen LogP contribution is -2.34. The highest BCUT2D eigenvalue weighted by Gasteiger charge is 2.37. The van der Waals surface area contributed by atoms with E-state index in [1.807, 2.05) is 6.07 Å². The molecule has 0 saturated carbocycles. The van der Waals surface area contributed by atoms with Crippen LogP contribution in [0.2, 0.25) is 0 Å². The van der Waals surface area contributed by atoms with Crippen LogP contribution in [0.5, 0.6) is 5.88 Å². The molecular formula is C23H25F3N8O3. The quantitative estimate of drug-likeness (QED) is 0.176. The Morgan fingerprint density at radius 1 is 1.35 bits per heavy atom. The number of nitriles is 1. The van der Waals surface area contributed by atoms with E-state index in [4.69, 9.17) is 21.3 Å². The van der Waals surface area contributed by atoms with Gasteiger partial charge in [0.15, 0.2) is 0 Å². The van der Waals surface area contributed by atoms with Crippen molar-refractivity contribution in [3.8, 4) is 11.9 Å². The highest BCUT2D eigenvalue weighted by atomic mass is 19.4. The first-order valence-corrected chi connectivity index (χ1v) is 11.2. The first-order chi connectivity index (χ1) is 17.5. The van der Waals surface area contributed by atoms with Crippen molar-refractivity contribution in [2.24, 2.45) is 21.7 Å². The average Bonchev–Trinajstić information content (AvgIpc) is 3.27. The number of carbonyl (C=O) groups excluding carboxylic acids is 2. The van der Waals surface area contributed by atoms with Gasteiger partial charge in [0, 0.05) is 30.8 Å². The van der Waals surface area contributed by atoms with Crippen molar-refractivity contribution in [2.75, 3.05) is 13.1 Å². The molecule has 0 aromatic carbocycles. The Bertz CT molecular complexity index is 1310. The smallest absolute Gasteiger partial charge is 0.454 e. The third-order valence-corrected chi connectivity index (χ3v) is 5.80. The Hall–Kier alpha value is -4.41. The second-order valence-corrected chi connectivity index (χ2v) is 8.36.